The second kappa shape index (κ2) is 8.93. The summed E-state index contributed by atoms with van der Waals surface area (Å²) in [6.07, 6.45) is 0.713. The highest BCUT2D eigenvalue weighted by molar-refractivity contribution is 8.00. The van der Waals surface area contributed by atoms with E-state index in [1.54, 1.807) is 25.3 Å². The van der Waals surface area contributed by atoms with Gasteiger partial charge in [0.2, 0.25) is 5.91 Å². The number of nitrogens with one attached hydrogen (secondary N) is 1. The molecule has 1 aliphatic heterocycles. The van der Waals surface area contributed by atoms with E-state index in [1.165, 1.54) is 34.5 Å². The Morgan fingerprint density at radius 1 is 1.30 bits per heavy atom. The summed E-state index contributed by atoms with van der Waals surface area (Å²) in [6.45, 7) is 0. The van der Waals surface area contributed by atoms with Crippen molar-refractivity contribution in [2.75, 3.05) is 23.9 Å². The minimum Gasteiger partial charge on any atom is -0.495 e. The predicted molar refractivity (Wildman–Crippen MR) is 117 cm³/mol. The van der Waals surface area contributed by atoms with E-state index in [2.05, 4.69) is 10.3 Å². The van der Waals surface area contributed by atoms with Gasteiger partial charge in [-0.2, -0.15) is 0 Å². The summed E-state index contributed by atoms with van der Waals surface area (Å²) in [4.78, 5) is 30.9. The molecule has 0 bridgehead atoms. The molecule has 3 aromatic rings. The molecule has 1 aromatic heterocycles. The Morgan fingerprint density at radius 2 is 2.13 bits per heavy atom. The van der Waals surface area contributed by atoms with Crippen LogP contribution in [-0.2, 0) is 11.2 Å². The van der Waals surface area contributed by atoms with E-state index in [4.69, 9.17) is 4.74 Å². The summed E-state index contributed by atoms with van der Waals surface area (Å²) >= 11 is 2.65. The van der Waals surface area contributed by atoms with Gasteiger partial charge in [-0.1, -0.05) is 30.0 Å². The van der Waals surface area contributed by atoms with E-state index in [1.807, 2.05) is 12.1 Å². The number of anilines is 1. The number of halogens is 1. The fourth-order valence-electron chi connectivity index (χ4n) is 3.11. The number of ether oxygens (including phenoxy) is 1. The van der Waals surface area contributed by atoms with Crippen molar-refractivity contribution in [3.05, 3.63) is 70.4 Å². The maximum Gasteiger partial charge on any atom is 0.272 e. The van der Waals surface area contributed by atoms with Crippen molar-refractivity contribution >= 4 is 35.1 Å². The molecule has 1 amide bonds. The largest absolute Gasteiger partial charge is 0.495 e. The number of hydrogen-bond donors (Lipinski definition) is 1. The lowest BCUT2D eigenvalue weighted by Crippen LogP contribution is -2.25. The third-order valence-electron chi connectivity index (χ3n) is 4.43. The van der Waals surface area contributed by atoms with E-state index >= 15 is 0 Å². The summed E-state index contributed by atoms with van der Waals surface area (Å²) in [5.74, 6) is 0.613. The lowest BCUT2D eigenvalue weighted by Gasteiger charge is -2.16. The number of para-hydroxylation sites is 2. The first-order valence-electron chi connectivity index (χ1n) is 9.17. The molecular weight excluding hydrogens is 425 g/mol. The summed E-state index contributed by atoms with van der Waals surface area (Å²) in [5.41, 5.74) is 1.53. The van der Waals surface area contributed by atoms with Crippen LogP contribution in [-0.4, -0.2) is 34.1 Å². The van der Waals surface area contributed by atoms with Crippen LogP contribution in [0, 0.1) is 5.82 Å². The van der Waals surface area contributed by atoms with Gasteiger partial charge in [0.25, 0.3) is 5.56 Å². The maximum atomic E-state index is 13.3. The van der Waals surface area contributed by atoms with Crippen LogP contribution in [0.4, 0.5) is 10.1 Å². The zero-order valence-corrected chi connectivity index (χ0v) is 17.7. The predicted octanol–water partition coefficient (Wildman–Crippen LogP) is 3.76. The SMILES string of the molecule is COc1ccccc1-n1c(SCC(=O)Nc2cccc(F)c2)nc2c(c1=O)SCC2. The topological polar surface area (TPSA) is 73.2 Å². The molecule has 154 valence electrons. The van der Waals surface area contributed by atoms with E-state index in [-0.39, 0.29) is 17.2 Å². The molecule has 0 fully saturated rings. The highest BCUT2D eigenvalue weighted by Gasteiger charge is 2.24. The van der Waals surface area contributed by atoms with Gasteiger partial charge >= 0.3 is 0 Å². The van der Waals surface area contributed by atoms with Crippen LogP contribution >= 0.6 is 23.5 Å². The van der Waals surface area contributed by atoms with Crippen molar-refractivity contribution in [2.24, 2.45) is 0 Å². The highest BCUT2D eigenvalue weighted by atomic mass is 32.2. The summed E-state index contributed by atoms with van der Waals surface area (Å²) in [7, 11) is 1.54. The third-order valence-corrected chi connectivity index (χ3v) is 6.48. The van der Waals surface area contributed by atoms with E-state index in [9.17, 15) is 14.0 Å². The molecule has 0 spiro atoms. The molecule has 1 N–H and O–H groups in total. The summed E-state index contributed by atoms with van der Waals surface area (Å²) in [6, 6.07) is 12.9. The number of benzene rings is 2. The van der Waals surface area contributed by atoms with Crippen molar-refractivity contribution in [1.29, 1.82) is 0 Å². The Kier molecular flexibility index (Phi) is 6.10. The minimum atomic E-state index is -0.428. The van der Waals surface area contributed by atoms with Gasteiger partial charge in [0.05, 0.1) is 29.1 Å². The zero-order chi connectivity index (χ0) is 21.1. The summed E-state index contributed by atoms with van der Waals surface area (Å²) in [5, 5.41) is 3.07. The molecular formula is C21H18FN3O3S2. The van der Waals surface area contributed by atoms with E-state index < -0.39 is 5.82 Å². The van der Waals surface area contributed by atoms with Crippen LogP contribution in [0.2, 0.25) is 0 Å². The molecule has 9 heteroatoms. The number of nitrogens with zero attached hydrogens (tertiary/aromatic N) is 2. The van der Waals surface area contributed by atoms with E-state index in [0.717, 1.165) is 23.2 Å². The molecule has 0 aliphatic carbocycles. The quantitative estimate of drug-likeness (QED) is 0.462. The molecule has 0 unspecified atom stereocenters. The Hall–Kier alpha value is -2.78. The average molecular weight is 444 g/mol. The number of rotatable bonds is 6. The standard InChI is InChI=1S/C21H18FN3O3S2/c1-28-17-8-3-2-7-16(17)25-20(27)19-15(9-10-29-19)24-21(25)30-12-18(26)23-14-6-4-5-13(22)11-14/h2-8,11H,9-10,12H2,1H3,(H,23,26). The van der Waals surface area contributed by atoms with Crippen molar-refractivity contribution in [3.8, 4) is 11.4 Å². The Bertz CT molecular complexity index is 1170. The van der Waals surface area contributed by atoms with Gasteiger partial charge in [0.1, 0.15) is 11.6 Å². The van der Waals surface area contributed by atoms with Gasteiger partial charge in [-0.05, 0) is 30.3 Å². The van der Waals surface area contributed by atoms with Crippen LogP contribution < -0.4 is 15.6 Å². The molecule has 6 nitrogen and oxygen atoms in total. The van der Waals surface area contributed by atoms with Crippen LogP contribution in [0.3, 0.4) is 0 Å². The number of amides is 1. The lowest BCUT2D eigenvalue weighted by molar-refractivity contribution is -0.113. The first kappa shape index (κ1) is 20.5. The van der Waals surface area contributed by atoms with Crippen molar-refractivity contribution in [2.45, 2.75) is 16.5 Å². The van der Waals surface area contributed by atoms with Gasteiger partial charge in [0, 0.05) is 17.9 Å². The number of methoxy groups -OCH3 is 1. The van der Waals surface area contributed by atoms with Crippen molar-refractivity contribution in [1.82, 2.24) is 9.55 Å². The number of hydrogen-bond acceptors (Lipinski definition) is 6. The molecule has 0 atom stereocenters. The second-order valence-electron chi connectivity index (χ2n) is 6.43. The maximum absolute atomic E-state index is 13.3. The van der Waals surface area contributed by atoms with Crippen LogP contribution in [0.5, 0.6) is 5.75 Å². The molecule has 2 heterocycles. The summed E-state index contributed by atoms with van der Waals surface area (Å²) < 4.78 is 20.3. The average Bonchev–Trinajstić information content (AvgIpc) is 3.21. The number of fused-ring (bicyclic) bond motifs is 1. The molecule has 1 aliphatic rings. The smallest absolute Gasteiger partial charge is 0.272 e. The fraction of sp³-hybridized carbons (Fsp3) is 0.190. The first-order chi connectivity index (χ1) is 14.6. The number of aryl methyl sites for hydroxylation is 1. The Labute approximate surface area is 180 Å². The number of thioether (sulfide) groups is 2. The van der Waals surface area contributed by atoms with Crippen molar-refractivity contribution in [3.63, 3.8) is 0 Å². The highest BCUT2D eigenvalue weighted by Crippen LogP contribution is 2.32. The van der Waals surface area contributed by atoms with Gasteiger partial charge < -0.3 is 10.1 Å². The minimum absolute atomic E-state index is 0.0179. The normalized spacial score (nSPS) is 12.5. The molecule has 0 saturated heterocycles. The number of carbonyl (C=O) groups is 1. The van der Waals surface area contributed by atoms with Crippen LogP contribution in [0.1, 0.15) is 5.69 Å². The molecule has 2 aromatic carbocycles. The molecule has 0 saturated carbocycles. The van der Waals surface area contributed by atoms with E-state index in [0.29, 0.717) is 33.6 Å². The van der Waals surface area contributed by atoms with Gasteiger partial charge in [0.15, 0.2) is 5.16 Å². The van der Waals surface area contributed by atoms with Gasteiger partial charge in [-0.25, -0.2) is 9.37 Å². The fourth-order valence-corrected chi connectivity index (χ4v) is 4.96. The van der Waals surface area contributed by atoms with Crippen LogP contribution in [0.15, 0.2) is 63.4 Å². The monoisotopic (exact) mass is 443 g/mol. The van der Waals surface area contributed by atoms with Crippen LogP contribution in [0.25, 0.3) is 5.69 Å². The van der Waals surface area contributed by atoms with Gasteiger partial charge in [-0.3, -0.25) is 14.2 Å². The Morgan fingerprint density at radius 3 is 2.93 bits per heavy atom. The Balaban J connectivity index is 1.65. The number of aromatic nitrogens is 2. The molecule has 0 radical (unpaired) electrons. The molecule has 30 heavy (non-hydrogen) atoms. The first-order valence-corrected chi connectivity index (χ1v) is 11.1. The third kappa shape index (κ3) is 4.22. The molecule has 4 rings (SSSR count). The van der Waals surface area contributed by atoms with Gasteiger partial charge in [-0.15, -0.1) is 11.8 Å². The lowest BCUT2D eigenvalue weighted by atomic mass is 10.2. The number of carbonyl (C=O) groups excluding carboxylic acids is 1. The zero-order valence-electron chi connectivity index (χ0n) is 16.1. The second-order valence-corrected chi connectivity index (χ2v) is 8.48. The van der Waals surface area contributed by atoms with Crippen molar-refractivity contribution < 1.29 is 13.9 Å².